The molecule has 1 amide bonds. The summed E-state index contributed by atoms with van der Waals surface area (Å²) in [6.45, 7) is 1.02. The van der Waals surface area contributed by atoms with Gasteiger partial charge in [0.15, 0.2) is 0 Å². The normalized spacial score (nSPS) is 12.2. The minimum atomic E-state index is -0.281. The Bertz CT molecular complexity index is 433. The van der Waals surface area contributed by atoms with Crippen LogP contribution in [0.25, 0.3) is 0 Å². The molecule has 0 aliphatic heterocycles. The highest BCUT2D eigenvalue weighted by Gasteiger charge is 2.15. The molecular formula is C11H15BrN2O3. The number of nitrogens with one attached hydrogen (secondary N) is 1. The summed E-state index contributed by atoms with van der Waals surface area (Å²) in [5.41, 5.74) is 0.00801. The van der Waals surface area contributed by atoms with E-state index in [9.17, 15) is 9.59 Å². The van der Waals surface area contributed by atoms with Crippen molar-refractivity contribution < 1.29 is 9.53 Å². The van der Waals surface area contributed by atoms with Crippen molar-refractivity contribution in [3.05, 3.63) is 34.2 Å². The largest absolute Gasteiger partial charge is 0.383 e. The SMILES string of the molecule is COCC(Br)CN(C)C(=O)c1cccc(=O)[nH]1. The van der Waals surface area contributed by atoms with E-state index < -0.39 is 0 Å². The van der Waals surface area contributed by atoms with Crippen LogP contribution in [-0.2, 0) is 4.74 Å². The Labute approximate surface area is 108 Å². The Hall–Kier alpha value is -1.14. The van der Waals surface area contributed by atoms with Crippen molar-refractivity contribution in [3.63, 3.8) is 0 Å². The summed E-state index contributed by atoms with van der Waals surface area (Å²) in [4.78, 5) is 27.1. The van der Waals surface area contributed by atoms with Crippen LogP contribution in [0.3, 0.4) is 0 Å². The molecule has 1 N–H and O–H groups in total. The maximum absolute atomic E-state index is 11.9. The summed E-state index contributed by atoms with van der Waals surface area (Å²) in [7, 11) is 3.28. The van der Waals surface area contributed by atoms with E-state index in [4.69, 9.17) is 4.74 Å². The summed E-state index contributed by atoms with van der Waals surface area (Å²) in [6.07, 6.45) is 0. The number of hydrogen-bond donors (Lipinski definition) is 1. The highest BCUT2D eigenvalue weighted by Crippen LogP contribution is 2.05. The zero-order valence-corrected chi connectivity index (χ0v) is 11.4. The second-order valence-corrected chi connectivity index (χ2v) is 4.96. The monoisotopic (exact) mass is 302 g/mol. The number of amides is 1. The zero-order valence-electron chi connectivity index (χ0n) is 9.77. The van der Waals surface area contributed by atoms with E-state index in [1.54, 1.807) is 26.3 Å². The van der Waals surface area contributed by atoms with Crippen molar-refractivity contribution in [2.24, 2.45) is 0 Å². The van der Waals surface area contributed by atoms with Crippen LogP contribution in [0.15, 0.2) is 23.0 Å². The summed E-state index contributed by atoms with van der Waals surface area (Å²) < 4.78 is 4.97. The Morgan fingerprint density at radius 3 is 2.88 bits per heavy atom. The molecule has 0 radical (unpaired) electrons. The molecule has 1 atom stereocenters. The molecule has 0 spiro atoms. The van der Waals surface area contributed by atoms with Crippen molar-refractivity contribution in [2.75, 3.05) is 27.3 Å². The van der Waals surface area contributed by atoms with Gasteiger partial charge in [-0.2, -0.15) is 0 Å². The lowest BCUT2D eigenvalue weighted by Gasteiger charge is -2.19. The van der Waals surface area contributed by atoms with Gasteiger partial charge in [-0.1, -0.05) is 22.0 Å². The van der Waals surface area contributed by atoms with Gasteiger partial charge in [-0.25, -0.2) is 0 Å². The number of pyridine rings is 1. The lowest BCUT2D eigenvalue weighted by molar-refractivity contribution is 0.0778. The molecule has 1 rings (SSSR count). The van der Waals surface area contributed by atoms with Gasteiger partial charge in [0.2, 0.25) is 5.56 Å². The second kappa shape index (κ2) is 6.56. The summed E-state index contributed by atoms with van der Waals surface area (Å²) in [5, 5.41) is 0. The Morgan fingerprint density at radius 1 is 1.59 bits per heavy atom. The predicted molar refractivity (Wildman–Crippen MR) is 68.6 cm³/mol. The maximum Gasteiger partial charge on any atom is 0.270 e. The van der Waals surface area contributed by atoms with E-state index in [1.165, 1.54) is 11.0 Å². The molecule has 17 heavy (non-hydrogen) atoms. The fourth-order valence-electron chi connectivity index (χ4n) is 1.39. The number of hydrogen-bond acceptors (Lipinski definition) is 3. The van der Waals surface area contributed by atoms with Gasteiger partial charge >= 0.3 is 0 Å². The third-order valence-corrected chi connectivity index (χ3v) is 2.72. The number of ether oxygens (including phenoxy) is 1. The first-order valence-corrected chi connectivity index (χ1v) is 6.04. The lowest BCUT2D eigenvalue weighted by Crippen LogP contribution is -2.34. The predicted octanol–water partition coefficient (Wildman–Crippen LogP) is 0.857. The summed E-state index contributed by atoms with van der Waals surface area (Å²) in [6, 6.07) is 4.51. The number of aromatic nitrogens is 1. The first kappa shape index (κ1) is 13.9. The molecular weight excluding hydrogens is 288 g/mol. The van der Waals surface area contributed by atoms with Crippen molar-refractivity contribution in [1.82, 2.24) is 9.88 Å². The number of rotatable bonds is 5. The molecule has 1 aromatic rings. The molecule has 0 saturated heterocycles. The Morgan fingerprint density at radius 2 is 2.29 bits per heavy atom. The third kappa shape index (κ3) is 4.32. The fraction of sp³-hybridized carbons (Fsp3) is 0.455. The number of halogens is 1. The van der Waals surface area contributed by atoms with E-state index in [0.29, 0.717) is 13.2 Å². The summed E-state index contributed by atoms with van der Waals surface area (Å²) >= 11 is 3.40. The van der Waals surface area contributed by atoms with Crippen molar-refractivity contribution in [2.45, 2.75) is 4.83 Å². The average molecular weight is 303 g/mol. The van der Waals surface area contributed by atoms with Crippen LogP contribution in [0, 0.1) is 0 Å². The number of carbonyl (C=O) groups is 1. The van der Waals surface area contributed by atoms with Gasteiger partial charge in [0, 0.05) is 26.8 Å². The molecule has 1 unspecified atom stereocenters. The summed E-state index contributed by atoms with van der Waals surface area (Å²) in [5.74, 6) is -0.219. The molecule has 94 valence electrons. The number of alkyl halides is 1. The number of methoxy groups -OCH3 is 1. The van der Waals surface area contributed by atoms with Gasteiger partial charge in [0.25, 0.3) is 5.91 Å². The van der Waals surface area contributed by atoms with Crippen LogP contribution in [0.1, 0.15) is 10.5 Å². The first-order valence-electron chi connectivity index (χ1n) is 5.12. The number of aromatic amines is 1. The minimum Gasteiger partial charge on any atom is -0.383 e. The molecule has 0 aromatic carbocycles. The molecule has 0 aliphatic rings. The molecule has 0 saturated carbocycles. The van der Waals surface area contributed by atoms with E-state index in [0.717, 1.165) is 0 Å². The number of nitrogens with zero attached hydrogens (tertiary/aromatic N) is 1. The standard InChI is InChI=1S/C11H15BrN2O3/c1-14(6-8(12)7-17-2)11(16)9-4-3-5-10(15)13-9/h3-5,8H,6-7H2,1-2H3,(H,13,15). The van der Waals surface area contributed by atoms with Gasteiger partial charge in [0.05, 0.1) is 11.4 Å². The van der Waals surface area contributed by atoms with Crippen molar-refractivity contribution >= 4 is 21.8 Å². The molecule has 6 heteroatoms. The highest BCUT2D eigenvalue weighted by atomic mass is 79.9. The third-order valence-electron chi connectivity index (χ3n) is 2.16. The number of H-pyrrole nitrogens is 1. The smallest absolute Gasteiger partial charge is 0.270 e. The molecule has 1 aromatic heterocycles. The molecule has 0 aliphatic carbocycles. The van der Waals surface area contributed by atoms with Gasteiger partial charge in [-0.15, -0.1) is 0 Å². The quantitative estimate of drug-likeness (QED) is 0.821. The van der Waals surface area contributed by atoms with Gasteiger partial charge < -0.3 is 14.6 Å². The van der Waals surface area contributed by atoms with E-state index in [1.807, 2.05) is 0 Å². The molecule has 1 heterocycles. The van der Waals surface area contributed by atoms with Gasteiger partial charge in [-0.3, -0.25) is 9.59 Å². The highest BCUT2D eigenvalue weighted by molar-refractivity contribution is 9.09. The van der Waals surface area contributed by atoms with Crippen LogP contribution in [0.4, 0.5) is 0 Å². The van der Waals surface area contributed by atoms with Gasteiger partial charge in [-0.05, 0) is 6.07 Å². The second-order valence-electron chi connectivity index (χ2n) is 3.67. The first-order chi connectivity index (χ1) is 8.04. The molecule has 0 fully saturated rings. The zero-order chi connectivity index (χ0) is 12.8. The Balaban J connectivity index is 2.67. The van der Waals surface area contributed by atoms with Crippen LogP contribution >= 0.6 is 15.9 Å². The van der Waals surface area contributed by atoms with Crippen molar-refractivity contribution in [1.29, 1.82) is 0 Å². The van der Waals surface area contributed by atoms with Crippen LogP contribution in [-0.4, -0.2) is 47.9 Å². The Kier molecular flexibility index (Phi) is 5.37. The average Bonchev–Trinajstić information content (AvgIpc) is 2.28. The van der Waals surface area contributed by atoms with Crippen LogP contribution in [0.2, 0.25) is 0 Å². The van der Waals surface area contributed by atoms with Crippen LogP contribution < -0.4 is 5.56 Å². The maximum atomic E-state index is 11.9. The fourth-order valence-corrected chi connectivity index (χ4v) is 2.09. The van der Waals surface area contributed by atoms with E-state index in [2.05, 4.69) is 20.9 Å². The van der Waals surface area contributed by atoms with Gasteiger partial charge in [0.1, 0.15) is 5.69 Å². The van der Waals surface area contributed by atoms with Crippen LogP contribution in [0.5, 0.6) is 0 Å². The molecule has 5 nitrogen and oxygen atoms in total. The topological polar surface area (TPSA) is 62.4 Å². The number of carbonyl (C=O) groups excluding carboxylic acids is 1. The minimum absolute atomic E-state index is 0.0666. The van der Waals surface area contributed by atoms with E-state index in [-0.39, 0.29) is 22.0 Å². The van der Waals surface area contributed by atoms with Crippen molar-refractivity contribution in [3.8, 4) is 0 Å². The lowest BCUT2D eigenvalue weighted by atomic mass is 10.3. The molecule has 0 bridgehead atoms. The van der Waals surface area contributed by atoms with E-state index >= 15 is 0 Å².